The topological polar surface area (TPSA) is 43.4 Å². The van der Waals surface area contributed by atoms with Crippen LogP contribution in [-0.4, -0.2) is 18.9 Å². The Kier molecular flexibility index (Phi) is 3.77. The molecule has 0 N–H and O–H groups in total. The zero-order valence-corrected chi connectivity index (χ0v) is 11.4. The van der Waals surface area contributed by atoms with E-state index in [4.69, 9.17) is 0 Å². The van der Waals surface area contributed by atoms with Gasteiger partial charge in [0.15, 0.2) is 5.78 Å². The lowest BCUT2D eigenvalue weighted by molar-refractivity contribution is -0.139. The van der Waals surface area contributed by atoms with Crippen molar-refractivity contribution < 1.29 is 14.3 Å². The maximum Gasteiger partial charge on any atom is 0.313 e. The van der Waals surface area contributed by atoms with Crippen LogP contribution in [0.25, 0.3) is 10.8 Å². The number of Topliss-reactive ketones (excluding diaryl/α,β-unsaturated/α-hetero) is 1. The Bertz CT molecular complexity index is 619. The minimum Gasteiger partial charge on any atom is -0.469 e. The van der Waals surface area contributed by atoms with Crippen molar-refractivity contribution in [2.45, 2.75) is 6.42 Å². The zero-order valence-electron chi connectivity index (χ0n) is 9.77. The molecule has 2 aromatic carbocycles. The molecule has 92 valence electrons. The fraction of sp³-hybridized carbons (Fsp3) is 0.143. The Balaban J connectivity index is 2.47. The average molecular weight is 307 g/mol. The Morgan fingerprint density at radius 2 is 2.00 bits per heavy atom. The average Bonchev–Trinajstić information content (AvgIpc) is 2.37. The second-order valence-corrected chi connectivity index (χ2v) is 4.76. The molecule has 0 saturated carbocycles. The quantitative estimate of drug-likeness (QED) is 0.496. The van der Waals surface area contributed by atoms with E-state index in [0.29, 0.717) is 5.56 Å². The number of ketones is 1. The van der Waals surface area contributed by atoms with Crippen molar-refractivity contribution in [1.29, 1.82) is 0 Å². The van der Waals surface area contributed by atoms with Gasteiger partial charge in [0.05, 0.1) is 7.11 Å². The van der Waals surface area contributed by atoms with E-state index in [1.54, 1.807) is 12.1 Å². The molecule has 3 nitrogen and oxygen atoms in total. The molecule has 0 aliphatic carbocycles. The van der Waals surface area contributed by atoms with Gasteiger partial charge in [-0.05, 0) is 22.9 Å². The fourth-order valence-electron chi connectivity index (χ4n) is 1.79. The van der Waals surface area contributed by atoms with Crippen molar-refractivity contribution in [2.75, 3.05) is 7.11 Å². The van der Waals surface area contributed by atoms with Crippen LogP contribution in [0, 0.1) is 0 Å². The maximum atomic E-state index is 12.0. The van der Waals surface area contributed by atoms with Crippen LogP contribution in [0.5, 0.6) is 0 Å². The van der Waals surface area contributed by atoms with E-state index in [1.807, 2.05) is 24.3 Å². The van der Waals surface area contributed by atoms with Crippen LogP contribution in [0.3, 0.4) is 0 Å². The van der Waals surface area contributed by atoms with Crippen LogP contribution in [0.2, 0.25) is 0 Å². The SMILES string of the molecule is COC(=O)CC(=O)c1cccc2ccc(Br)cc12. The summed E-state index contributed by atoms with van der Waals surface area (Å²) in [6.07, 6.45) is -0.234. The summed E-state index contributed by atoms with van der Waals surface area (Å²) in [5, 5.41) is 1.80. The third-order valence-corrected chi connectivity index (χ3v) is 3.17. The molecule has 0 heterocycles. The molecule has 0 bridgehead atoms. The van der Waals surface area contributed by atoms with Gasteiger partial charge in [-0.2, -0.15) is 0 Å². The van der Waals surface area contributed by atoms with Gasteiger partial charge in [0.1, 0.15) is 6.42 Å². The third-order valence-electron chi connectivity index (χ3n) is 2.68. The van der Waals surface area contributed by atoms with Gasteiger partial charge in [-0.15, -0.1) is 0 Å². The summed E-state index contributed by atoms with van der Waals surface area (Å²) >= 11 is 3.38. The summed E-state index contributed by atoms with van der Waals surface area (Å²) < 4.78 is 5.41. The standard InChI is InChI=1S/C14H11BrO3/c1-18-14(17)8-13(16)11-4-2-3-9-5-6-10(15)7-12(9)11/h2-7H,8H2,1H3. The molecule has 0 unspecified atom stereocenters. The van der Waals surface area contributed by atoms with Gasteiger partial charge in [0, 0.05) is 10.0 Å². The van der Waals surface area contributed by atoms with E-state index in [9.17, 15) is 9.59 Å². The van der Waals surface area contributed by atoms with E-state index in [2.05, 4.69) is 20.7 Å². The summed E-state index contributed by atoms with van der Waals surface area (Å²) in [6, 6.07) is 11.2. The monoisotopic (exact) mass is 306 g/mol. The van der Waals surface area contributed by atoms with Gasteiger partial charge in [0.25, 0.3) is 0 Å². The first-order chi connectivity index (χ1) is 8.61. The minimum absolute atomic E-state index is 0.231. The van der Waals surface area contributed by atoms with Crippen LogP contribution < -0.4 is 0 Å². The molecule has 0 spiro atoms. The maximum absolute atomic E-state index is 12.0. The predicted molar refractivity (Wildman–Crippen MR) is 72.6 cm³/mol. The number of ether oxygens (including phenoxy) is 1. The van der Waals surface area contributed by atoms with Gasteiger partial charge >= 0.3 is 5.97 Å². The van der Waals surface area contributed by atoms with Crippen LogP contribution in [0.1, 0.15) is 16.8 Å². The lowest BCUT2D eigenvalue weighted by Crippen LogP contribution is -2.09. The largest absolute Gasteiger partial charge is 0.469 e. The van der Waals surface area contributed by atoms with Crippen molar-refractivity contribution in [3.05, 3.63) is 46.4 Å². The number of halogens is 1. The number of hydrogen-bond acceptors (Lipinski definition) is 3. The molecule has 0 aromatic heterocycles. The highest BCUT2D eigenvalue weighted by Gasteiger charge is 2.14. The fourth-order valence-corrected chi connectivity index (χ4v) is 2.15. The van der Waals surface area contributed by atoms with E-state index in [0.717, 1.165) is 15.2 Å². The number of fused-ring (bicyclic) bond motifs is 1. The van der Waals surface area contributed by atoms with E-state index in [1.165, 1.54) is 7.11 Å². The lowest BCUT2D eigenvalue weighted by atomic mass is 10.00. The number of hydrogen-bond donors (Lipinski definition) is 0. The molecule has 0 saturated heterocycles. The van der Waals surface area contributed by atoms with Crippen molar-refractivity contribution in [2.24, 2.45) is 0 Å². The van der Waals surface area contributed by atoms with Crippen molar-refractivity contribution >= 4 is 38.5 Å². The number of benzene rings is 2. The number of esters is 1. The summed E-state index contributed by atoms with van der Waals surface area (Å²) in [6.45, 7) is 0. The molecule has 0 amide bonds. The van der Waals surface area contributed by atoms with Gasteiger partial charge in [-0.3, -0.25) is 9.59 Å². The highest BCUT2D eigenvalue weighted by Crippen LogP contribution is 2.24. The van der Waals surface area contributed by atoms with Gasteiger partial charge in [0.2, 0.25) is 0 Å². The molecular formula is C14H11BrO3. The number of methoxy groups -OCH3 is 1. The molecule has 0 atom stereocenters. The second-order valence-electron chi connectivity index (χ2n) is 3.85. The molecule has 4 heteroatoms. The molecule has 18 heavy (non-hydrogen) atoms. The number of rotatable bonds is 3. The molecule has 0 fully saturated rings. The van der Waals surface area contributed by atoms with Crippen LogP contribution in [-0.2, 0) is 9.53 Å². The lowest BCUT2D eigenvalue weighted by Gasteiger charge is -2.05. The normalized spacial score (nSPS) is 10.3. The van der Waals surface area contributed by atoms with Gasteiger partial charge < -0.3 is 4.74 Å². The van der Waals surface area contributed by atoms with E-state index >= 15 is 0 Å². The third kappa shape index (κ3) is 2.59. The summed E-state index contributed by atoms with van der Waals surface area (Å²) in [7, 11) is 1.27. The molecule has 2 rings (SSSR count). The summed E-state index contributed by atoms with van der Waals surface area (Å²) in [4.78, 5) is 23.2. The van der Waals surface area contributed by atoms with E-state index < -0.39 is 5.97 Å². The molecule has 0 aliphatic rings. The minimum atomic E-state index is -0.521. The van der Waals surface area contributed by atoms with Crippen LogP contribution in [0.15, 0.2) is 40.9 Å². The number of carbonyl (C=O) groups is 2. The van der Waals surface area contributed by atoms with Gasteiger partial charge in [-0.1, -0.05) is 40.2 Å². The summed E-state index contributed by atoms with van der Waals surface area (Å²) in [5.74, 6) is -0.752. The van der Waals surface area contributed by atoms with Crippen molar-refractivity contribution in [3.8, 4) is 0 Å². The molecule has 0 radical (unpaired) electrons. The second kappa shape index (κ2) is 5.31. The predicted octanol–water partition coefficient (Wildman–Crippen LogP) is 3.35. The number of carbonyl (C=O) groups excluding carboxylic acids is 2. The first-order valence-corrected chi connectivity index (χ1v) is 6.19. The Morgan fingerprint density at radius 1 is 1.22 bits per heavy atom. The molecule has 0 aliphatic heterocycles. The van der Waals surface area contributed by atoms with Crippen molar-refractivity contribution in [3.63, 3.8) is 0 Å². The van der Waals surface area contributed by atoms with Crippen LogP contribution >= 0.6 is 15.9 Å². The Morgan fingerprint density at radius 3 is 2.72 bits per heavy atom. The highest BCUT2D eigenvalue weighted by molar-refractivity contribution is 9.10. The smallest absolute Gasteiger partial charge is 0.313 e. The Hall–Kier alpha value is -1.68. The molecule has 2 aromatic rings. The summed E-state index contributed by atoms with van der Waals surface area (Å²) in [5.41, 5.74) is 0.541. The zero-order chi connectivity index (χ0) is 13.1. The first kappa shape index (κ1) is 12.8. The highest BCUT2D eigenvalue weighted by atomic mass is 79.9. The van der Waals surface area contributed by atoms with E-state index in [-0.39, 0.29) is 12.2 Å². The Labute approximate surface area is 113 Å². The van der Waals surface area contributed by atoms with Crippen molar-refractivity contribution in [1.82, 2.24) is 0 Å². The first-order valence-electron chi connectivity index (χ1n) is 5.40. The van der Waals surface area contributed by atoms with Crippen LogP contribution in [0.4, 0.5) is 0 Å². The van der Waals surface area contributed by atoms with Gasteiger partial charge in [-0.25, -0.2) is 0 Å². The molecular weight excluding hydrogens is 296 g/mol.